The van der Waals surface area contributed by atoms with Crippen LogP contribution in [0, 0.1) is 0 Å². The molecule has 218 valence electrons. The summed E-state index contributed by atoms with van der Waals surface area (Å²) < 4.78 is 36.6. The van der Waals surface area contributed by atoms with E-state index in [9.17, 15) is 27.9 Å². The first kappa shape index (κ1) is 29.7. The summed E-state index contributed by atoms with van der Waals surface area (Å²) >= 11 is 0. The average molecular weight is 576 g/mol. The average Bonchev–Trinajstić information content (AvgIpc) is 3.67. The minimum Gasteiger partial charge on any atom is -0.475 e. The molecule has 41 heavy (non-hydrogen) atoms. The van der Waals surface area contributed by atoms with Gasteiger partial charge in [-0.05, 0) is 35.2 Å². The number of carboxylic acid groups (broad SMARTS) is 1. The molecule has 1 fully saturated rings. The van der Waals surface area contributed by atoms with E-state index in [1.807, 2.05) is 49.5 Å². The maximum atomic E-state index is 13.4. The van der Waals surface area contributed by atoms with Gasteiger partial charge in [-0.15, -0.1) is 0 Å². The molecule has 2 aliphatic rings. The smallest absolute Gasteiger partial charge is 0.475 e. The van der Waals surface area contributed by atoms with E-state index in [4.69, 9.17) is 14.4 Å². The number of aliphatic carboxylic acids is 1. The van der Waals surface area contributed by atoms with Crippen molar-refractivity contribution in [2.24, 2.45) is 0 Å². The lowest BCUT2D eigenvalue weighted by Crippen LogP contribution is -2.39. The normalized spacial score (nSPS) is 17.3. The molecular weight excluding hydrogens is 547 g/mol. The van der Waals surface area contributed by atoms with Crippen LogP contribution in [0.3, 0.4) is 0 Å². The van der Waals surface area contributed by atoms with Crippen LogP contribution in [0.2, 0.25) is 0 Å². The first-order valence-electron chi connectivity index (χ1n) is 12.6. The highest BCUT2D eigenvalue weighted by Crippen LogP contribution is 2.28. The predicted molar refractivity (Wildman–Crippen MR) is 138 cm³/mol. The quantitative estimate of drug-likeness (QED) is 0.387. The molecule has 3 heterocycles. The standard InChI is InChI=1S/C25H27N5O4.C2HF3O2/c1-29(24(33)10-16-5-6-17-12-23(32)27-21(17)9-16)22(14-30-8-7-20(31)13-30)18-3-2-4-19(11-18)25-26-15-34-28-25;3-2(4,5)1(6)7/h2-6,9,11,15,20,22,31H,7-8,10,12-14H2,1H3,(H,27,32);(H,6,7)/t20-,22+;/m0./s1. The van der Waals surface area contributed by atoms with Crippen molar-refractivity contribution in [1.82, 2.24) is 19.9 Å². The number of amides is 2. The van der Waals surface area contributed by atoms with Crippen LogP contribution < -0.4 is 5.32 Å². The van der Waals surface area contributed by atoms with Crippen molar-refractivity contribution in [3.05, 3.63) is 65.5 Å². The number of likely N-dealkylation sites (tertiary alicyclic amines) is 1. The molecule has 2 amide bonds. The molecule has 1 saturated heterocycles. The van der Waals surface area contributed by atoms with E-state index < -0.39 is 12.1 Å². The molecule has 14 heteroatoms. The minimum atomic E-state index is -5.08. The summed E-state index contributed by atoms with van der Waals surface area (Å²) in [6.45, 7) is 1.98. The summed E-state index contributed by atoms with van der Waals surface area (Å²) in [7, 11) is 1.82. The van der Waals surface area contributed by atoms with Gasteiger partial charge in [-0.25, -0.2) is 4.79 Å². The van der Waals surface area contributed by atoms with E-state index >= 15 is 0 Å². The number of carboxylic acids is 1. The Morgan fingerprint density at radius 2 is 2.00 bits per heavy atom. The van der Waals surface area contributed by atoms with Crippen LogP contribution >= 0.6 is 0 Å². The number of benzene rings is 2. The fourth-order valence-electron chi connectivity index (χ4n) is 4.70. The molecule has 0 aliphatic carbocycles. The summed E-state index contributed by atoms with van der Waals surface area (Å²) in [5.74, 6) is -2.32. The van der Waals surface area contributed by atoms with Gasteiger partial charge in [0.2, 0.25) is 24.0 Å². The number of alkyl halides is 3. The lowest BCUT2D eigenvalue weighted by molar-refractivity contribution is -0.192. The number of β-amino-alcohol motifs (C(OH)–C–C–N with tert-alkyl or cyclic N) is 1. The topological polar surface area (TPSA) is 149 Å². The number of carbonyl (C=O) groups excluding carboxylic acids is 2. The highest BCUT2D eigenvalue weighted by Gasteiger charge is 2.38. The number of carbonyl (C=O) groups is 3. The maximum Gasteiger partial charge on any atom is 0.490 e. The maximum absolute atomic E-state index is 13.4. The first-order valence-corrected chi connectivity index (χ1v) is 12.6. The highest BCUT2D eigenvalue weighted by atomic mass is 19.4. The van der Waals surface area contributed by atoms with Gasteiger partial charge >= 0.3 is 12.1 Å². The molecule has 0 bridgehead atoms. The van der Waals surface area contributed by atoms with Crippen molar-refractivity contribution in [1.29, 1.82) is 0 Å². The van der Waals surface area contributed by atoms with Crippen molar-refractivity contribution in [3.63, 3.8) is 0 Å². The van der Waals surface area contributed by atoms with Crippen LogP contribution in [-0.4, -0.2) is 86.9 Å². The van der Waals surface area contributed by atoms with Crippen LogP contribution in [-0.2, 0) is 27.2 Å². The van der Waals surface area contributed by atoms with Crippen LogP contribution in [0.15, 0.2) is 53.4 Å². The molecule has 0 unspecified atom stereocenters. The van der Waals surface area contributed by atoms with E-state index in [2.05, 4.69) is 20.4 Å². The minimum absolute atomic E-state index is 0.0232. The summed E-state index contributed by atoms with van der Waals surface area (Å²) in [6, 6.07) is 13.3. The van der Waals surface area contributed by atoms with Gasteiger partial charge in [0, 0.05) is 37.9 Å². The van der Waals surface area contributed by atoms with Gasteiger partial charge in [0.15, 0.2) is 0 Å². The predicted octanol–water partition coefficient (Wildman–Crippen LogP) is 2.67. The number of halogens is 3. The number of aliphatic hydroxyl groups is 1. The lowest BCUT2D eigenvalue weighted by atomic mass is 10.0. The van der Waals surface area contributed by atoms with Gasteiger partial charge in [-0.2, -0.15) is 18.2 Å². The number of aliphatic hydroxyl groups excluding tert-OH is 1. The SMILES string of the molecule is CN(C(=O)Cc1ccc2c(c1)NC(=O)C2)[C@H](CN1CC[C@H](O)C1)c1cccc(-c2ncon2)c1.O=C(O)C(F)(F)F. The zero-order valence-electron chi connectivity index (χ0n) is 22.0. The molecule has 2 aromatic carbocycles. The number of fused-ring (bicyclic) bond motifs is 1. The first-order chi connectivity index (χ1) is 19.4. The third-order valence-corrected chi connectivity index (χ3v) is 6.83. The number of hydrogen-bond donors (Lipinski definition) is 3. The van der Waals surface area contributed by atoms with E-state index in [1.54, 1.807) is 4.90 Å². The molecule has 0 radical (unpaired) electrons. The second-order valence-electron chi connectivity index (χ2n) is 9.80. The highest BCUT2D eigenvalue weighted by molar-refractivity contribution is 5.99. The summed E-state index contributed by atoms with van der Waals surface area (Å²) in [6.07, 6.45) is -2.80. The van der Waals surface area contributed by atoms with Gasteiger partial charge in [-0.3, -0.25) is 14.5 Å². The van der Waals surface area contributed by atoms with Gasteiger partial charge in [-0.1, -0.05) is 35.5 Å². The molecular formula is C27H28F3N5O6. The number of anilines is 1. The fourth-order valence-corrected chi connectivity index (χ4v) is 4.70. The fraction of sp³-hybridized carbons (Fsp3) is 0.370. The van der Waals surface area contributed by atoms with E-state index in [-0.39, 0.29) is 30.4 Å². The lowest BCUT2D eigenvalue weighted by Gasteiger charge is -2.32. The number of hydrogen-bond acceptors (Lipinski definition) is 8. The van der Waals surface area contributed by atoms with Gasteiger partial charge in [0.05, 0.1) is 25.0 Å². The third-order valence-electron chi connectivity index (χ3n) is 6.83. The Morgan fingerprint density at radius 1 is 1.24 bits per heavy atom. The Labute approximate surface area is 232 Å². The number of nitrogens with one attached hydrogen (secondary N) is 1. The molecule has 2 atom stereocenters. The monoisotopic (exact) mass is 575 g/mol. The molecule has 3 N–H and O–H groups in total. The van der Waals surface area contributed by atoms with Gasteiger partial charge in [0.25, 0.3) is 0 Å². The second-order valence-corrected chi connectivity index (χ2v) is 9.80. The van der Waals surface area contributed by atoms with Crippen LogP contribution in [0.1, 0.15) is 29.2 Å². The third kappa shape index (κ3) is 7.67. The van der Waals surface area contributed by atoms with Gasteiger partial charge in [0.1, 0.15) is 0 Å². The Kier molecular flexibility index (Phi) is 9.03. The van der Waals surface area contributed by atoms with Crippen molar-refractivity contribution < 1.29 is 42.3 Å². The van der Waals surface area contributed by atoms with Crippen LogP contribution in [0.25, 0.3) is 11.4 Å². The molecule has 3 aromatic rings. The zero-order valence-corrected chi connectivity index (χ0v) is 22.0. The van der Waals surface area contributed by atoms with Crippen LogP contribution in [0.4, 0.5) is 18.9 Å². The largest absolute Gasteiger partial charge is 0.490 e. The summed E-state index contributed by atoms with van der Waals surface area (Å²) in [4.78, 5) is 42.0. The Balaban J connectivity index is 0.000000493. The summed E-state index contributed by atoms with van der Waals surface area (Å²) in [5, 5.41) is 23.9. The second kappa shape index (κ2) is 12.5. The molecule has 5 rings (SSSR count). The van der Waals surface area contributed by atoms with E-state index in [0.29, 0.717) is 25.3 Å². The molecule has 0 spiro atoms. The van der Waals surface area contributed by atoms with E-state index in [0.717, 1.165) is 40.9 Å². The Hall–Kier alpha value is -4.30. The van der Waals surface area contributed by atoms with Crippen molar-refractivity contribution in [2.75, 3.05) is 32.0 Å². The molecule has 2 aliphatic heterocycles. The van der Waals surface area contributed by atoms with Crippen LogP contribution in [0.5, 0.6) is 0 Å². The summed E-state index contributed by atoms with van der Waals surface area (Å²) in [5.41, 5.74) is 4.37. The Bertz CT molecular complexity index is 1400. The van der Waals surface area contributed by atoms with Crippen molar-refractivity contribution in [2.45, 2.75) is 37.6 Å². The number of aromatic nitrogens is 2. The number of rotatable bonds is 7. The molecule has 11 nitrogen and oxygen atoms in total. The van der Waals surface area contributed by atoms with Crippen molar-refractivity contribution >= 4 is 23.5 Å². The number of likely N-dealkylation sites (N-methyl/N-ethyl adjacent to an activating group) is 1. The zero-order chi connectivity index (χ0) is 29.7. The van der Waals surface area contributed by atoms with Gasteiger partial charge < -0.3 is 25.0 Å². The number of nitrogens with zero attached hydrogens (tertiary/aromatic N) is 4. The Morgan fingerprint density at radius 3 is 2.63 bits per heavy atom. The molecule has 0 saturated carbocycles. The van der Waals surface area contributed by atoms with E-state index in [1.165, 1.54) is 6.39 Å². The molecule has 1 aromatic heterocycles. The van der Waals surface area contributed by atoms with Crippen molar-refractivity contribution in [3.8, 4) is 11.4 Å².